The molecular weight excluding hydrogens is 226 g/mol. The summed E-state index contributed by atoms with van der Waals surface area (Å²) in [6, 6.07) is 6.10. The van der Waals surface area contributed by atoms with Crippen LogP contribution in [0.25, 0.3) is 0 Å². The lowest BCUT2D eigenvalue weighted by Crippen LogP contribution is -2.55. The van der Waals surface area contributed by atoms with Gasteiger partial charge in [0.15, 0.2) is 0 Å². The standard InChI is InChI=1S/C15H21NO2/c1-10-3-4-14-12(7-10)13(17)8-15(18-14)5-6-16-9-11(15)2/h3-4,7,11,13,16-17H,5-6,8-9H2,1-2H3/t11?,13-,15?/m1/s1. The van der Waals surface area contributed by atoms with Crippen LogP contribution in [0, 0.1) is 12.8 Å². The summed E-state index contributed by atoms with van der Waals surface area (Å²) in [7, 11) is 0. The van der Waals surface area contributed by atoms with E-state index in [0.29, 0.717) is 12.3 Å². The lowest BCUT2D eigenvalue weighted by atomic mass is 9.76. The highest BCUT2D eigenvalue weighted by atomic mass is 16.5. The SMILES string of the molecule is Cc1ccc2c(c1)[C@H](O)CC1(CCNCC1C)O2. The van der Waals surface area contributed by atoms with Crippen molar-refractivity contribution in [2.24, 2.45) is 5.92 Å². The zero-order chi connectivity index (χ0) is 12.8. The minimum Gasteiger partial charge on any atom is -0.486 e. The van der Waals surface area contributed by atoms with Crippen molar-refractivity contribution in [3.05, 3.63) is 29.3 Å². The average molecular weight is 247 g/mol. The maximum absolute atomic E-state index is 10.4. The predicted molar refractivity (Wildman–Crippen MR) is 70.8 cm³/mol. The topological polar surface area (TPSA) is 41.5 Å². The minimum atomic E-state index is -0.394. The van der Waals surface area contributed by atoms with Crippen LogP contribution in [0.15, 0.2) is 18.2 Å². The van der Waals surface area contributed by atoms with Crippen molar-refractivity contribution < 1.29 is 9.84 Å². The van der Waals surface area contributed by atoms with Gasteiger partial charge in [0.25, 0.3) is 0 Å². The number of ether oxygens (including phenoxy) is 1. The Labute approximate surface area is 108 Å². The molecule has 3 heteroatoms. The van der Waals surface area contributed by atoms with Gasteiger partial charge in [0.05, 0.1) is 6.10 Å². The average Bonchev–Trinajstić information content (AvgIpc) is 2.34. The van der Waals surface area contributed by atoms with Crippen molar-refractivity contribution in [1.82, 2.24) is 5.32 Å². The fourth-order valence-electron chi connectivity index (χ4n) is 3.22. The van der Waals surface area contributed by atoms with E-state index in [2.05, 4.69) is 18.3 Å². The number of aliphatic hydroxyl groups excluding tert-OH is 1. The first kappa shape index (κ1) is 12.0. The molecule has 0 amide bonds. The number of aliphatic hydroxyl groups is 1. The van der Waals surface area contributed by atoms with Gasteiger partial charge in [-0.1, -0.05) is 18.6 Å². The van der Waals surface area contributed by atoms with E-state index in [9.17, 15) is 5.11 Å². The van der Waals surface area contributed by atoms with Gasteiger partial charge in [-0.05, 0) is 32.0 Å². The van der Waals surface area contributed by atoms with E-state index in [1.54, 1.807) is 0 Å². The van der Waals surface area contributed by atoms with Gasteiger partial charge in [0, 0.05) is 24.4 Å². The third kappa shape index (κ3) is 1.82. The number of nitrogens with one attached hydrogen (secondary N) is 1. The van der Waals surface area contributed by atoms with Gasteiger partial charge in [-0.15, -0.1) is 0 Å². The van der Waals surface area contributed by atoms with E-state index in [-0.39, 0.29) is 5.60 Å². The highest BCUT2D eigenvalue weighted by molar-refractivity contribution is 5.41. The number of hydrogen-bond donors (Lipinski definition) is 2. The van der Waals surface area contributed by atoms with Crippen LogP contribution < -0.4 is 10.1 Å². The molecule has 98 valence electrons. The molecule has 0 saturated carbocycles. The van der Waals surface area contributed by atoms with Crippen LogP contribution in [0.5, 0.6) is 5.75 Å². The van der Waals surface area contributed by atoms with Gasteiger partial charge >= 0.3 is 0 Å². The fourth-order valence-corrected chi connectivity index (χ4v) is 3.22. The Morgan fingerprint density at radius 2 is 2.28 bits per heavy atom. The summed E-state index contributed by atoms with van der Waals surface area (Å²) in [4.78, 5) is 0. The number of aryl methyl sites for hydroxylation is 1. The zero-order valence-electron chi connectivity index (χ0n) is 11.1. The van der Waals surface area contributed by atoms with Crippen LogP contribution in [0.1, 0.15) is 37.0 Å². The molecule has 0 bridgehead atoms. The molecule has 1 aromatic carbocycles. The third-order valence-electron chi connectivity index (χ3n) is 4.45. The van der Waals surface area contributed by atoms with Crippen LogP contribution in [-0.4, -0.2) is 23.8 Å². The molecule has 0 radical (unpaired) electrons. The van der Waals surface area contributed by atoms with Crippen molar-refractivity contribution >= 4 is 0 Å². The van der Waals surface area contributed by atoms with Crippen molar-refractivity contribution in [2.45, 2.75) is 38.4 Å². The number of fused-ring (bicyclic) bond motifs is 1. The molecule has 1 aromatic rings. The van der Waals surface area contributed by atoms with E-state index in [4.69, 9.17) is 4.74 Å². The predicted octanol–water partition coefficient (Wildman–Crippen LogP) is 2.18. The van der Waals surface area contributed by atoms with Crippen LogP contribution >= 0.6 is 0 Å². The molecule has 2 unspecified atom stereocenters. The van der Waals surface area contributed by atoms with Crippen molar-refractivity contribution in [3.63, 3.8) is 0 Å². The third-order valence-corrected chi connectivity index (χ3v) is 4.45. The van der Waals surface area contributed by atoms with Crippen molar-refractivity contribution in [2.75, 3.05) is 13.1 Å². The van der Waals surface area contributed by atoms with Gasteiger partial charge in [-0.3, -0.25) is 0 Å². The minimum absolute atomic E-state index is 0.188. The smallest absolute Gasteiger partial charge is 0.125 e. The highest BCUT2D eigenvalue weighted by Crippen LogP contribution is 2.45. The van der Waals surface area contributed by atoms with Gasteiger partial charge in [-0.25, -0.2) is 0 Å². The van der Waals surface area contributed by atoms with Crippen molar-refractivity contribution in [3.8, 4) is 5.75 Å². The first-order valence-electron chi connectivity index (χ1n) is 6.79. The van der Waals surface area contributed by atoms with E-state index in [1.807, 2.05) is 19.1 Å². The Hall–Kier alpha value is -1.06. The molecule has 0 aliphatic carbocycles. The number of piperidine rings is 1. The molecule has 2 heterocycles. The Morgan fingerprint density at radius 3 is 3.06 bits per heavy atom. The second-order valence-corrected chi connectivity index (χ2v) is 5.78. The lowest BCUT2D eigenvalue weighted by molar-refractivity contribution is -0.0659. The Kier molecular flexibility index (Phi) is 2.83. The van der Waals surface area contributed by atoms with Crippen LogP contribution in [0.2, 0.25) is 0 Å². The number of hydrogen-bond acceptors (Lipinski definition) is 3. The van der Waals surface area contributed by atoms with Crippen LogP contribution in [0.3, 0.4) is 0 Å². The van der Waals surface area contributed by atoms with Crippen LogP contribution in [0.4, 0.5) is 0 Å². The second kappa shape index (κ2) is 4.25. The summed E-state index contributed by atoms with van der Waals surface area (Å²) >= 11 is 0. The van der Waals surface area contributed by atoms with Crippen LogP contribution in [-0.2, 0) is 0 Å². The molecule has 1 saturated heterocycles. The highest BCUT2D eigenvalue weighted by Gasteiger charge is 2.45. The van der Waals surface area contributed by atoms with E-state index in [0.717, 1.165) is 30.8 Å². The van der Waals surface area contributed by atoms with Gasteiger partial charge in [-0.2, -0.15) is 0 Å². The summed E-state index contributed by atoms with van der Waals surface area (Å²) < 4.78 is 6.30. The molecule has 2 aliphatic heterocycles. The largest absolute Gasteiger partial charge is 0.486 e. The second-order valence-electron chi connectivity index (χ2n) is 5.78. The monoisotopic (exact) mass is 247 g/mol. The first-order chi connectivity index (χ1) is 8.61. The summed E-state index contributed by atoms with van der Waals surface area (Å²) in [6.45, 7) is 6.19. The molecule has 2 aliphatic rings. The molecule has 3 atom stereocenters. The van der Waals surface area contributed by atoms with Gasteiger partial charge in [0.1, 0.15) is 11.4 Å². The summed E-state index contributed by atoms with van der Waals surface area (Å²) in [5.74, 6) is 1.29. The molecular formula is C15H21NO2. The van der Waals surface area contributed by atoms with E-state index < -0.39 is 6.10 Å². The maximum Gasteiger partial charge on any atom is 0.125 e. The summed E-state index contributed by atoms with van der Waals surface area (Å²) in [5.41, 5.74) is 1.93. The first-order valence-corrected chi connectivity index (χ1v) is 6.79. The molecule has 18 heavy (non-hydrogen) atoms. The number of rotatable bonds is 0. The fraction of sp³-hybridized carbons (Fsp3) is 0.600. The van der Waals surface area contributed by atoms with Gasteiger partial charge in [0.2, 0.25) is 0 Å². The molecule has 3 rings (SSSR count). The van der Waals surface area contributed by atoms with Gasteiger partial charge < -0.3 is 15.2 Å². The Bertz CT molecular complexity index is 460. The molecule has 1 spiro atoms. The van der Waals surface area contributed by atoms with Crippen molar-refractivity contribution in [1.29, 1.82) is 0 Å². The maximum atomic E-state index is 10.4. The lowest BCUT2D eigenvalue weighted by Gasteiger charge is -2.47. The Morgan fingerprint density at radius 1 is 1.44 bits per heavy atom. The Balaban J connectivity index is 1.98. The molecule has 3 nitrogen and oxygen atoms in total. The van der Waals surface area contributed by atoms with E-state index >= 15 is 0 Å². The number of benzene rings is 1. The summed E-state index contributed by atoms with van der Waals surface area (Å²) in [5, 5.41) is 13.8. The molecule has 2 N–H and O–H groups in total. The summed E-state index contributed by atoms with van der Waals surface area (Å²) in [6.07, 6.45) is 1.29. The molecule has 0 aromatic heterocycles. The van der Waals surface area contributed by atoms with E-state index in [1.165, 1.54) is 5.56 Å². The quantitative estimate of drug-likeness (QED) is 0.738. The normalized spacial score (nSPS) is 35.1. The molecule has 1 fully saturated rings. The zero-order valence-corrected chi connectivity index (χ0v) is 11.1.